The average molecular weight is 260 g/mol. The van der Waals surface area contributed by atoms with Gasteiger partial charge >= 0.3 is 0 Å². The summed E-state index contributed by atoms with van der Waals surface area (Å²) in [7, 11) is 0. The second-order valence-electron chi connectivity index (χ2n) is 2.93. The third kappa shape index (κ3) is 2.40. The topological polar surface area (TPSA) is 51.8 Å². The quantitative estimate of drug-likeness (QED) is 0.902. The van der Waals surface area contributed by atoms with Gasteiger partial charge in [0, 0.05) is 28.0 Å². The zero-order chi connectivity index (χ0) is 10.8. The summed E-state index contributed by atoms with van der Waals surface area (Å²) in [5.74, 6) is 0.646. The van der Waals surface area contributed by atoms with Crippen molar-refractivity contribution in [1.82, 2.24) is 9.36 Å². The number of nitrogens with two attached hydrogens (primary N) is 1. The molecule has 0 aliphatic rings. The lowest BCUT2D eigenvalue weighted by atomic mass is 10.1. The fourth-order valence-electron chi connectivity index (χ4n) is 1.20. The first-order valence-electron chi connectivity index (χ1n) is 4.18. The monoisotopic (exact) mass is 259 g/mol. The molecule has 0 saturated carbocycles. The summed E-state index contributed by atoms with van der Waals surface area (Å²) < 4.78 is 4.08. The van der Waals surface area contributed by atoms with E-state index >= 15 is 0 Å². The Balaban J connectivity index is 2.31. The van der Waals surface area contributed by atoms with Crippen LogP contribution in [0.5, 0.6) is 0 Å². The molecule has 2 N–H and O–H groups in total. The molecule has 2 aromatic rings. The first-order valence-corrected chi connectivity index (χ1v) is 5.70. The van der Waals surface area contributed by atoms with Crippen molar-refractivity contribution in [2.75, 3.05) is 5.73 Å². The predicted octanol–water partition coefficient (Wildman–Crippen LogP) is 3.02. The molecule has 3 nitrogen and oxygen atoms in total. The van der Waals surface area contributed by atoms with Crippen LogP contribution in [-0.2, 0) is 6.42 Å². The summed E-state index contributed by atoms with van der Waals surface area (Å²) in [6, 6.07) is 5.38. The van der Waals surface area contributed by atoms with E-state index in [1.165, 1.54) is 11.5 Å². The third-order valence-corrected chi connectivity index (χ3v) is 3.17. The van der Waals surface area contributed by atoms with Gasteiger partial charge in [-0.15, -0.1) is 0 Å². The number of aromatic nitrogens is 2. The normalized spacial score (nSPS) is 10.5. The molecule has 0 bridgehead atoms. The molecular weight excluding hydrogens is 253 g/mol. The van der Waals surface area contributed by atoms with Gasteiger partial charge in [-0.25, -0.2) is 4.98 Å². The number of halogens is 2. The molecule has 1 aromatic carbocycles. The second kappa shape index (κ2) is 4.35. The molecule has 1 aromatic heterocycles. The molecular formula is C9H7Cl2N3S. The number of rotatable bonds is 2. The van der Waals surface area contributed by atoms with Crippen molar-refractivity contribution in [3.8, 4) is 0 Å². The largest absolute Gasteiger partial charge is 0.374 e. The van der Waals surface area contributed by atoms with E-state index in [1.54, 1.807) is 18.2 Å². The van der Waals surface area contributed by atoms with Gasteiger partial charge < -0.3 is 5.73 Å². The van der Waals surface area contributed by atoms with E-state index < -0.39 is 0 Å². The highest BCUT2D eigenvalue weighted by Crippen LogP contribution is 2.26. The van der Waals surface area contributed by atoms with E-state index in [9.17, 15) is 0 Å². The number of benzene rings is 1. The van der Waals surface area contributed by atoms with Crippen LogP contribution in [-0.4, -0.2) is 9.36 Å². The Hall–Kier alpha value is -0.840. The highest BCUT2D eigenvalue weighted by atomic mass is 35.5. The molecule has 1 heterocycles. The Labute approximate surface area is 101 Å². The fourth-order valence-corrected chi connectivity index (χ4v) is 2.18. The zero-order valence-corrected chi connectivity index (χ0v) is 9.90. The summed E-state index contributed by atoms with van der Waals surface area (Å²) in [5.41, 5.74) is 6.32. The van der Waals surface area contributed by atoms with Crippen LogP contribution in [0.2, 0.25) is 10.0 Å². The molecule has 0 aliphatic heterocycles. The van der Waals surface area contributed by atoms with Crippen LogP contribution in [0.3, 0.4) is 0 Å². The SMILES string of the molecule is Nc1nc(Cc2c(Cl)cccc2Cl)ns1. The summed E-state index contributed by atoms with van der Waals surface area (Å²) >= 11 is 13.2. The van der Waals surface area contributed by atoms with Gasteiger partial charge in [0.1, 0.15) is 5.82 Å². The van der Waals surface area contributed by atoms with Crippen molar-refractivity contribution >= 4 is 39.9 Å². The van der Waals surface area contributed by atoms with Gasteiger partial charge in [-0.05, 0) is 17.7 Å². The van der Waals surface area contributed by atoms with Gasteiger partial charge in [0.15, 0.2) is 5.13 Å². The molecule has 15 heavy (non-hydrogen) atoms. The maximum atomic E-state index is 6.02. The summed E-state index contributed by atoms with van der Waals surface area (Å²) in [6.07, 6.45) is 0.506. The van der Waals surface area contributed by atoms with Gasteiger partial charge in [-0.3, -0.25) is 0 Å². The van der Waals surface area contributed by atoms with Crippen molar-refractivity contribution in [3.63, 3.8) is 0 Å². The first-order chi connectivity index (χ1) is 7.16. The maximum Gasteiger partial charge on any atom is 0.199 e. The number of nitrogens with zero attached hydrogens (tertiary/aromatic N) is 2. The first kappa shape index (κ1) is 10.7. The lowest BCUT2D eigenvalue weighted by Gasteiger charge is -2.03. The summed E-state index contributed by atoms with van der Waals surface area (Å²) in [6.45, 7) is 0. The van der Waals surface area contributed by atoms with Gasteiger partial charge in [0.05, 0.1) is 0 Å². The van der Waals surface area contributed by atoms with Crippen LogP contribution in [0.4, 0.5) is 5.13 Å². The fraction of sp³-hybridized carbons (Fsp3) is 0.111. The molecule has 0 amide bonds. The van der Waals surface area contributed by atoms with Crippen molar-refractivity contribution in [3.05, 3.63) is 39.6 Å². The summed E-state index contributed by atoms with van der Waals surface area (Å²) in [5, 5.41) is 1.69. The molecule has 78 valence electrons. The van der Waals surface area contributed by atoms with Crippen LogP contribution < -0.4 is 5.73 Å². The lowest BCUT2D eigenvalue weighted by Crippen LogP contribution is -1.93. The molecule has 0 fully saturated rings. The Morgan fingerprint density at radius 1 is 1.27 bits per heavy atom. The van der Waals surface area contributed by atoms with E-state index in [2.05, 4.69) is 9.36 Å². The number of nitrogen functional groups attached to an aromatic ring is 1. The minimum absolute atomic E-state index is 0.452. The molecule has 0 saturated heterocycles. The van der Waals surface area contributed by atoms with E-state index in [-0.39, 0.29) is 0 Å². The Bertz CT molecular complexity index is 464. The van der Waals surface area contributed by atoms with Gasteiger partial charge in [0.2, 0.25) is 0 Å². The van der Waals surface area contributed by atoms with Crippen LogP contribution in [0.15, 0.2) is 18.2 Å². The van der Waals surface area contributed by atoms with E-state index in [0.717, 1.165) is 5.56 Å². The Morgan fingerprint density at radius 3 is 2.47 bits per heavy atom. The van der Waals surface area contributed by atoms with Crippen LogP contribution in [0, 0.1) is 0 Å². The Morgan fingerprint density at radius 2 is 1.93 bits per heavy atom. The highest BCUT2D eigenvalue weighted by molar-refractivity contribution is 7.09. The van der Waals surface area contributed by atoms with Crippen LogP contribution >= 0.6 is 34.7 Å². The van der Waals surface area contributed by atoms with Crippen LogP contribution in [0.25, 0.3) is 0 Å². The van der Waals surface area contributed by atoms with Crippen molar-refractivity contribution < 1.29 is 0 Å². The zero-order valence-electron chi connectivity index (χ0n) is 7.58. The minimum Gasteiger partial charge on any atom is -0.374 e. The molecule has 2 rings (SSSR count). The predicted molar refractivity (Wildman–Crippen MR) is 63.6 cm³/mol. The van der Waals surface area contributed by atoms with Crippen molar-refractivity contribution in [2.24, 2.45) is 0 Å². The van der Waals surface area contributed by atoms with Gasteiger partial charge in [-0.2, -0.15) is 4.37 Å². The second-order valence-corrected chi connectivity index (χ2v) is 4.52. The smallest absolute Gasteiger partial charge is 0.199 e. The molecule has 0 aliphatic carbocycles. The maximum absolute atomic E-state index is 6.02. The molecule has 0 atom stereocenters. The number of hydrogen-bond acceptors (Lipinski definition) is 4. The van der Waals surface area contributed by atoms with E-state index in [4.69, 9.17) is 28.9 Å². The molecule has 0 radical (unpaired) electrons. The van der Waals surface area contributed by atoms with Gasteiger partial charge in [-0.1, -0.05) is 29.3 Å². The Kier molecular flexibility index (Phi) is 3.09. The number of hydrogen-bond donors (Lipinski definition) is 1. The molecule has 0 spiro atoms. The van der Waals surface area contributed by atoms with Crippen molar-refractivity contribution in [2.45, 2.75) is 6.42 Å². The average Bonchev–Trinajstić information content (AvgIpc) is 2.58. The lowest BCUT2D eigenvalue weighted by molar-refractivity contribution is 1.04. The van der Waals surface area contributed by atoms with E-state index in [1.807, 2.05) is 0 Å². The van der Waals surface area contributed by atoms with Gasteiger partial charge in [0.25, 0.3) is 0 Å². The van der Waals surface area contributed by atoms with Crippen molar-refractivity contribution in [1.29, 1.82) is 0 Å². The third-order valence-electron chi connectivity index (χ3n) is 1.88. The van der Waals surface area contributed by atoms with E-state index in [0.29, 0.717) is 27.4 Å². The minimum atomic E-state index is 0.452. The van der Waals surface area contributed by atoms with Crippen LogP contribution in [0.1, 0.15) is 11.4 Å². The summed E-state index contributed by atoms with van der Waals surface area (Å²) in [4.78, 5) is 4.06. The highest BCUT2D eigenvalue weighted by Gasteiger charge is 2.09. The molecule has 0 unspecified atom stereocenters. The molecule has 6 heteroatoms. The standard InChI is InChI=1S/C9H7Cl2N3S/c10-6-2-1-3-7(11)5(6)4-8-13-9(12)15-14-8/h1-3H,4H2,(H2,12,13,14). The number of anilines is 1.